The fourth-order valence-corrected chi connectivity index (χ4v) is 2.01. The number of carbonyl (C=O) groups is 1. The molecule has 2 aromatic carbocycles. The molecule has 0 aliphatic rings. The zero-order chi connectivity index (χ0) is 14.7. The molecular formula is C13H8BrFN2O3. The lowest BCUT2D eigenvalue weighted by Gasteiger charge is -2.06. The number of hydrogen-bond donors (Lipinski definition) is 1. The van der Waals surface area contributed by atoms with Crippen LogP contribution in [0, 0.1) is 15.9 Å². The molecule has 0 aliphatic heterocycles. The lowest BCUT2D eigenvalue weighted by molar-refractivity contribution is -0.385. The highest BCUT2D eigenvalue weighted by atomic mass is 79.9. The maximum atomic E-state index is 13.0. The molecule has 1 amide bonds. The lowest BCUT2D eigenvalue weighted by atomic mass is 10.1. The van der Waals surface area contributed by atoms with Crippen molar-refractivity contribution in [3.05, 3.63) is 68.4 Å². The fraction of sp³-hybridized carbons (Fsp3) is 0. The number of nitro benzene ring substituents is 1. The van der Waals surface area contributed by atoms with Crippen molar-refractivity contribution < 1.29 is 14.1 Å². The number of halogens is 2. The van der Waals surface area contributed by atoms with E-state index in [1.54, 1.807) is 24.3 Å². The number of nitrogens with zero attached hydrogens (tertiary/aromatic N) is 1. The van der Waals surface area contributed by atoms with E-state index in [-0.39, 0.29) is 5.56 Å². The smallest absolute Gasteiger partial charge is 0.285 e. The third-order valence-electron chi connectivity index (χ3n) is 2.48. The fourth-order valence-electron chi connectivity index (χ4n) is 1.61. The van der Waals surface area contributed by atoms with Gasteiger partial charge in [0.15, 0.2) is 0 Å². The van der Waals surface area contributed by atoms with Gasteiger partial charge in [-0.1, -0.05) is 22.0 Å². The summed E-state index contributed by atoms with van der Waals surface area (Å²) in [5.41, 5.74) is -0.295. The minimum absolute atomic E-state index is 0.198. The summed E-state index contributed by atoms with van der Waals surface area (Å²) in [6, 6.07) is 9.57. The van der Waals surface area contributed by atoms with E-state index in [4.69, 9.17) is 0 Å². The minimum Gasteiger partial charge on any atom is -0.322 e. The Balaban J connectivity index is 2.32. The van der Waals surface area contributed by atoms with Crippen molar-refractivity contribution in [2.24, 2.45) is 0 Å². The van der Waals surface area contributed by atoms with Crippen molar-refractivity contribution in [3.8, 4) is 0 Å². The average Bonchev–Trinajstić information content (AvgIpc) is 2.38. The maximum Gasteiger partial charge on any atom is 0.285 e. The molecule has 1 N–H and O–H groups in total. The van der Waals surface area contributed by atoms with Gasteiger partial charge in [0.2, 0.25) is 0 Å². The second-order valence-electron chi connectivity index (χ2n) is 3.88. The van der Waals surface area contributed by atoms with Crippen LogP contribution in [0.1, 0.15) is 10.4 Å². The molecule has 0 heterocycles. The molecule has 0 unspecified atom stereocenters. The van der Waals surface area contributed by atoms with Crippen LogP contribution in [0.4, 0.5) is 15.8 Å². The van der Waals surface area contributed by atoms with Crippen LogP contribution in [0.3, 0.4) is 0 Å². The molecule has 0 aromatic heterocycles. The second kappa shape index (κ2) is 5.79. The Labute approximate surface area is 121 Å². The van der Waals surface area contributed by atoms with Crippen LogP contribution >= 0.6 is 15.9 Å². The normalized spacial score (nSPS) is 10.1. The summed E-state index contributed by atoms with van der Waals surface area (Å²) in [5, 5.41) is 13.4. The number of nitro groups is 1. The van der Waals surface area contributed by atoms with Crippen molar-refractivity contribution in [1.82, 2.24) is 0 Å². The quantitative estimate of drug-likeness (QED) is 0.684. The molecule has 0 bridgehead atoms. The molecule has 102 valence electrons. The third kappa shape index (κ3) is 3.18. The summed E-state index contributed by atoms with van der Waals surface area (Å²) < 4.78 is 13.8. The van der Waals surface area contributed by atoms with Gasteiger partial charge in [-0.3, -0.25) is 14.9 Å². The van der Waals surface area contributed by atoms with Gasteiger partial charge >= 0.3 is 0 Å². The Morgan fingerprint density at radius 1 is 1.25 bits per heavy atom. The molecule has 0 atom stereocenters. The van der Waals surface area contributed by atoms with Crippen LogP contribution in [0.5, 0.6) is 0 Å². The van der Waals surface area contributed by atoms with Crippen LogP contribution in [0.15, 0.2) is 46.9 Å². The zero-order valence-corrected chi connectivity index (χ0v) is 11.6. The van der Waals surface area contributed by atoms with E-state index in [1.807, 2.05) is 0 Å². The standard InChI is InChI=1S/C13H8BrFN2O3/c14-8-2-1-3-10(6-8)16-13(18)11-5-4-9(15)7-12(11)17(19)20/h1-7H,(H,16,18). The summed E-state index contributed by atoms with van der Waals surface area (Å²) in [6.07, 6.45) is 0. The first-order valence-corrected chi connectivity index (χ1v) is 6.27. The van der Waals surface area contributed by atoms with Crippen molar-refractivity contribution >= 4 is 33.2 Å². The molecule has 0 saturated carbocycles. The predicted octanol–water partition coefficient (Wildman–Crippen LogP) is 3.75. The Bertz CT molecular complexity index is 691. The predicted molar refractivity (Wildman–Crippen MR) is 75.1 cm³/mol. The zero-order valence-electron chi connectivity index (χ0n) is 9.97. The van der Waals surface area contributed by atoms with Gasteiger partial charge in [-0.25, -0.2) is 4.39 Å². The number of benzene rings is 2. The monoisotopic (exact) mass is 338 g/mol. The molecule has 0 saturated heterocycles. The number of nitrogens with one attached hydrogen (secondary N) is 1. The molecule has 7 heteroatoms. The summed E-state index contributed by atoms with van der Waals surface area (Å²) in [7, 11) is 0. The molecule has 5 nitrogen and oxygen atoms in total. The first-order chi connectivity index (χ1) is 9.47. The van der Waals surface area contributed by atoms with Crippen molar-refractivity contribution in [2.75, 3.05) is 5.32 Å². The van der Waals surface area contributed by atoms with Gasteiger partial charge in [0.05, 0.1) is 11.0 Å². The van der Waals surface area contributed by atoms with Crippen molar-refractivity contribution in [1.29, 1.82) is 0 Å². The van der Waals surface area contributed by atoms with Gasteiger partial charge < -0.3 is 5.32 Å². The highest BCUT2D eigenvalue weighted by Crippen LogP contribution is 2.22. The van der Waals surface area contributed by atoms with Gasteiger partial charge in [0, 0.05) is 10.2 Å². The summed E-state index contributed by atoms with van der Waals surface area (Å²) >= 11 is 3.25. The highest BCUT2D eigenvalue weighted by molar-refractivity contribution is 9.10. The molecule has 2 rings (SSSR count). The van der Waals surface area contributed by atoms with Crippen LogP contribution in [0.2, 0.25) is 0 Å². The van der Waals surface area contributed by atoms with E-state index in [1.165, 1.54) is 0 Å². The Morgan fingerprint density at radius 2 is 2.00 bits per heavy atom. The first-order valence-electron chi connectivity index (χ1n) is 5.48. The van der Waals surface area contributed by atoms with E-state index >= 15 is 0 Å². The van der Waals surface area contributed by atoms with Crippen LogP contribution in [0.25, 0.3) is 0 Å². The summed E-state index contributed by atoms with van der Waals surface area (Å²) in [4.78, 5) is 22.1. The number of anilines is 1. The van der Waals surface area contributed by atoms with Gasteiger partial charge in [-0.2, -0.15) is 0 Å². The second-order valence-corrected chi connectivity index (χ2v) is 4.80. The van der Waals surface area contributed by atoms with E-state index < -0.39 is 22.3 Å². The Hall–Kier alpha value is -2.28. The van der Waals surface area contributed by atoms with Gasteiger partial charge in [0.1, 0.15) is 11.4 Å². The third-order valence-corrected chi connectivity index (χ3v) is 2.98. The van der Waals surface area contributed by atoms with Gasteiger partial charge in [-0.05, 0) is 30.3 Å². The number of carbonyl (C=O) groups excluding carboxylic acids is 1. The first kappa shape index (κ1) is 14.1. The van der Waals surface area contributed by atoms with Crippen molar-refractivity contribution in [3.63, 3.8) is 0 Å². The molecule has 0 radical (unpaired) electrons. The molecule has 0 aliphatic carbocycles. The molecule has 20 heavy (non-hydrogen) atoms. The SMILES string of the molecule is O=C(Nc1cccc(Br)c1)c1ccc(F)cc1[N+](=O)[O-]. The number of hydrogen-bond acceptors (Lipinski definition) is 3. The van der Waals surface area contributed by atoms with E-state index in [0.29, 0.717) is 5.69 Å². The molecule has 0 fully saturated rings. The number of amides is 1. The maximum absolute atomic E-state index is 13.0. The van der Waals surface area contributed by atoms with Crippen LogP contribution in [-0.2, 0) is 0 Å². The summed E-state index contributed by atoms with van der Waals surface area (Å²) in [5.74, 6) is -1.44. The topological polar surface area (TPSA) is 72.2 Å². The van der Waals surface area contributed by atoms with Gasteiger partial charge in [0.25, 0.3) is 11.6 Å². The van der Waals surface area contributed by atoms with Crippen molar-refractivity contribution in [2.45, 2.75) is 0 Å². The van der Waals surface area contributed by atoms with Gasteiger partial charge in [-0.15, -0.1) is 0 Å². The largest absolute Gasteiger partial charge is 0.322 e. The van der Waals surface area contributed by atoms with E-state index in [0.717, 1.165) is 22.7 Å². The molecule has 2 aromatic rings. The van der Waals surface area contributed by atoms with Crippen LogP contribution < -0.4 is 5.32 Å². The van der Waals surface area contributed by atoms with E-state index in [9.17, 15) is 19.3 Å². The van der Waals surface area contributed by atoms with Crippen LogP contribution in [-0.4, -0.2) is 10.8 Å². The van der Waals surface area contributed by atoms with E-state index in [2.05, 4.69) is 21.2 Å². The molecule has 0 spiro atoms. The Morgan fingerprint density at radius 3 is 2.65 bits per heavy atom. The average molecular weight is 339 g/mol. The minimum atomic E-state index is -0.793. The highest BCUT2D eigenvalue weighted by Gasteiger charge is 2.21. The molecular weight excluding hydrogens is 331 g/mol. The summed E-state index contributed by atoms with van der Waals surface area (Å²) in [6.45, 7) is 0. The Kier molecular flexibility index (Phi) is 4.09. The lowest BCUT2D eigenvalue weighted by Crippen LogP contribution is -2.14. The number of rotatable bonds is 3.